The van der Waals surface area contributed by atoms with Gasteiger partial charge in [0, 0.05) is 38.8 Å². The van der Waals surface area contributed by atoms with E-state index in [2.05, 4.69) is 30.6 Å². The van der Waals surface area contributed by atoms with Gasteiger partial charge in [0.1, 0.15) is 0 Å². The molecule has 16 heavy (non-hydrogen) atoms. The fraction of sp³-hybridized carbons (Fsp3) is 1.00. The van der Waals surface area contributed by atoms with Crippen LogP contribution in [0, 0.1) is 5.92 Å². The molecule has 1 aliphatic rings. The first-order valence-electron chi connectivity index (χ1n) is 6.80. The Morgan fingerprint density at radius 2 is 1.69 bits per heavy atom. The van der Waals surface area contributed by atoms with Crippen LogP contribution in [-0.2, 0) is 0 Å². The molecule has 0 bridgehead atoms. The van der Waals surface area contributed by atoms with Crippen molar-refractivity contribution in [1.29, 1.82) is 0 Å². The molecule has 1 rings (SSSR count). The van der Waals surface area contributed by atoms with Gasteiger partial charge in [-0.1, -0.05) is 6.92 Å². The van der Waals surface area contributed by atoms with Crippen LogP contribution in [0.3, 0.4) is 0 Å². The van der Waals surface area contributed by atoms with Gasteiger partial charge in [0.2, 0.25) is 0 Å². The van der Waals surface area contributed by atoms with E-state index in [1.807, 2.05) is 0 Å². The number of hydrogen-bond acceptors (Lipinski definition) is 3. The van der Waals surface area contributed by atoms with E-state index in [1.165, 1.54) is 45.6 Å². The Morgan fingerprint density at radius 3 is 2.19 bits per heavy atom. The van der Waals surface area contributed by atoms with Crippen LogP contribution in [0.5, 0.6) is 0 Å². The summed E-state index contributed by atoms with van der Waals surface area (Å²) in [5, 5.41) is 0. The van der Waals surface area contributed by atoms with Crippen LogP contribution < -0.4 is 5.73 Å². The van der Waals surface area contributed by atoms with Gasteiger partial charge in [-0.2, -0.15) is 0 Å². The number of nitrogens with two attached hydrogens (primary N) is 1. The van der Waals surface area contributed by atoms with E-state index in [4.69, 9.17) is 5.73 Å². The van der Waals surface area contributed by atoms with E-state index in [0.29, 0.717) is 6.04 Å². The average molecular weight is 227 g/mol. The van der Waals surface area contributed by atoms with Crippen molar-refractivity contribution in [3.8, 4) is 0 Å². The zero-order valence-corrected chi connectivity index (χ0v) is 11.3. The van der Waals surface area contributed by atoms with Crippen molar-refractivity contribution < 1.29 is 0 Å². The summed E-state index contributed by atoms with van der Waals surface area (Å²) in [5.41, 5.74) is 5.54. The third kappa shape index (κ3) is 4.81. The quantitative estimate of drug-likeness (QED) is 0.744. The molecule has 96 valence electrons. The zero-order valence-electron chi connectivity index (χ0n) is 11.3. The minimum Gasteiger partial charge on any atom is -0.330 e. The van der Waals surface area contributed by atoms with E-state index in [9.17, 15) is 0 Å². The number of piperazine rings is 1. The average Bonchev–Trinajstić information content (AvgIpc) is 2.27. The molecular formula is C13H29N3. The normalized spacial score (nSPS) is 21.6. The topological polar surface area (TPSA) is 32.5 Å². The van der Waals surface area contributed by atoms with Gasteiger partial charge in [0.15, 0.2) is 0 Å². The summed E-state index contributed by atoms with van der Waals surface area (Å²) in [6.07, 6.45) is 2.45. The molecule has 1 aliphatic heterocycles. The Labute approximate surface area is 101 Å². The first-order valence-corrected chi connectivity index (χ1v) is 6.80. The summed E-state index contributed by atoms with van der Waals surface area (Å²) in [6, 6.07) is 0.705. The van der Waals surface area contributed by atoms with Gasteiger partial charge in [-0.15, -0.1) is 0 Å². The molecule has 0 radical (unpaired) electrons. The summed E-state index contributed by atoms with van der Waals surface area (Å²) < 4.78 is 0. The lowest BCUT2D eigenvalue weighted by Gasteiger charge is -2.37. The summed E-state index contributed by atoms with van der Waals surface area (Å²) >= 11 is 0. The summed E-state index contributed by atoms with van der Waals surface area (Å²) in [4.78, 5) is 5.18. The first kappa shape index (κ1) is 13.9. The first-order chi connectivity index (χ1) is 7.63. The third-order valence-electron chi connectivity index (χ3n) is 3.61. The third-order valence-corrected chi connectivity index (χ3v) is 3.61. The van der Waals surface area contributed by atoms with Gasteiger partial charge in [0.25, 0.3) is 0 Å². The number of nitrogens with zero attached hydrogens (tertiary/aromatic N) is 2. The van der Waals surface area contributed by atoms with E-state index < -0.39 is 0 Å². The minimum absolute atomic E-state index is 0.705. The van der Waals surface area contributed by atoms with Crippen LogP contribution in [0.1, 0.15) is 33.6 Å². The lowest BCUT2D eigenvalue weighted by molar-refractivity contribution is 0.0975. The highest BCUT2D eigenvalue weighted by Crippen LogP contribution is 2.11. The van der Waals surface area contributed by atoms with E-state index in [-0.39, 0.29) is 0 Å². The largest absolute Gasteiger partial charge is 0.330 e. The van der Waals surface area contributed by atoms with Crippen LogP contribution in [0.4, 0.5) is 0 Å². The highest BCUT2D eigenvalue weighted by Gasteiger charge is 2.19. The molecule has 1 fully saturated rings. The highest BCUT2D eigenvalue weighted by molar-refractivity contribution is 4.75. The lowest BCUT2D eigenvalue weighted by atomic mass is 10.0. The van der Waals surface area contributed by atoms with Crippen molar-refractivity contribution in [2.24, 2.45) is 11.7 Å². The predicted octanol–water partition coefficient (Wildman–Crippen LogP) is 1.39. The molecule has 0 aromatic carbocycles. The van der Waals surface area contributed by atoms with Crippen molar-refractivity contribution >= 4 is 0 Å². The fourth-order valence-corrected chi connectivity index (χ4v) is 2.46. The summed E-state index contributed by atoms with van der Waals surface area (Å²) in [7, 11) is 0. The molecule has 1 heterocycles. The van der Waals surface area contributed by atoms with Crippen LogP contribution in [0.25, 0.3) is 0 Å². The van der Waals surface area contributed by atoms with Gasteiger partial charge in [-0.3, -0.25) is 4.90 Å². The van der Waals surface area contributed by atoms with Crippen LogP contribution in [0.2, 0.25) is 0 Å². The van der Waals surface area contributed by atoms with Gasteiger partial charge in [-0.05, 0) is 39.2 Å². The Morgan fingerprint density at radius 1 is 1.06 bits per heavy atom. The molecule has 0 saturated carbocycles. The van der Waals surface area contributed by atoms with Gasteiger partial charge < -0.3 is 10.6 Å². The standard InChI is InChI=1S/C13H29N3/c1-12(2)16-9-7-15(8-10-16)11-13(3)5-4-6-14/h12-13H,4-11,14H2,1-3H3. The van der Waals surface area contributed by atoms with Crippen molar-refractivity contribution in [2.75, 3.05) is 39.3 Å². The highest BCUT2D eigenvalue weighted by atomic mass is 15.3. The summed E-state index contributed by atoms with van der Waals surface area (Å²) in [6.45, 7) is 14.0. The second kappa shape index (κ2) is 7.25. The number of hydrogen-bond donors (Lipinski definition) is 1. The molecule has 1 atom stereocenters. The molecule has 3 nitrogen and oxygen atoms in total. The molecule has 0 aromatic heterocycles. The maximum Gasteiger partial charge on any atom is 0.0113 e. The molecule has 0 spiro atoms. The Hall–Kier alpha value is -0.120. The van der Waals surface area contributed by atoms with Crippen molar-refractivity contribution in [3.05, 3.63) is 0 Å². The van der Waals surface area contributed by atoms with E-state index in [1.54, 1.807) is 0 Å². The van der Waals surface area contributed by atoms with Crippen LogP contribution >= 0.6 is 0 Å². The van der Waals surface area contributed by atoms with Crippen LogP contribution in [-0.4, -0.2) is 55.1 Å². The molecule has 3 heteroatoms. The molecule has 1 unspecified atom stereocenters. The minimum atomic E-state index is 0.705. The maximum atomic E-state index is 5.54. The predicted molar refractivity (Wildman–Crippen MR) is 70.6 cm³/mol. The summed E-state index contributed by atoms with van der Waals surface area (Å²) in [5.74, 6) is 0.800. The lowest BCUT2D eigenvalue weighted by Crippen LogP contribution is -2.49. The van der Waals surface area contributed by atoms with Crippen LogP contribution in [0.15, 0.2) is 0 Å². The fourth-order valence-electron chi connectivity index (χ4n) is 2.46. The van der Waals surface area contributed by atoms with E-state index in [0.717, 1.165) is 12.5 Å². The Balaban J connectivity index is 2.16. The molecular weight excluding hydrogens is 198 g/mol. The molecule has 0 amide bonds. The SMILES string of the molecule is CC(CCCN)CN1CCN(C(C)C)CC1. The molecule has 2 N–H and O–H groups in total. The van der Waals surface area contributed by atoms with E-state index >= 15 is 0 Å². The van der Waals surface area contributed by atoms with Crippen molar-refractivity contribution in [3.63, 3.8) is 0 Å². The maximum absolute atomic E-state index is 5.54. The second-order valence-electron chi connectivity index (χ2n) is 5.47. The molecule has 0 aliphatic carbocycles. The van der Waals surface area contributed by atoms with Gasteiger partial charge >= 0.3 is 0 Å². The monoisotopic (exact) mass is 227 g/mol. The zero-order chi connectivity index (χ0) is 12.0. The van der Waals surface area contributed by atoms with Gasteiger partial charge in [0.05, 0.1) is 0 Å². The Bertz CT molecular complexity index is 174. The smallest absolute Gasteiger partial charge is 0.0113 e. The Kier molecular flexibility index (Phi) is 6.32. The number of rotatable bonds is 6. The molecule has 0 aromatic rings. The van der Waals surface area contributed by atoms with Crippen molar-refractivity contribution in [1.82, 2.24) is 9.80 Å². The van der Waals surface area contributed by atoms with Crippen molar-refractivity contribution in [2.45, 2.75) is 39.7 Å². The second-order valence-corrected chi connectivity index (χ2v) is 5.47. The molecule has 1 saturated heterocycles. The van der Waals surface area contributed by atoms with Gasteiger partial charge in [-0.25, -0.2) is 0 Å².